The summed E-state index contributed by atoms with van der Waals surface area (Å²) in [4.78, 5) is 4.85. The van der Waals surface area contributed by atoms with E-state index >= 15 is 0 Å². The molecule has 0 saturated carbocycles. The zero-order valence-electron chi connectivity index (χ0n) is 58.7. The van der Waals surface area contributed by atoms with Gasteiger partial charge in [0.2, 0.25) is 0 Å². The van der Waals surface area contributed by atoms with Gasteiger partial charge in [0.15, 0.2) is 0 Å². The molecule has 2 aliphatic carbocycles. The molecule has 13 aromatic carbocycles. The maximum atomic E-state index is 4.06. The minimum Gasteiger partial charge on any atom is -0.310 e. The SMILES string of the molecule is C=Cc1cc(-c2ccc(-c3ccc(N(c4ccc(-c5ccc(CCC)cc5)cc4)c4cccc(-c5ccc6c(c5)C5(CC(C)(C)c7ccc(-c8cccc(N(c9ccc(-c%10ccc(C)cc%10)cc9)c9ccc(-c%10ccc(CCC)cc%10)cc9)c8)cc75)CC6(C)C)c4)cc3)cc2)ccc1C. The molecule has 0 aromatic heterocycles. The number of benzene rings is 13. The number of nitrogens with zero attached hydrogens (tertiary/aromatic N) is 2. The average Bonchev–Trinajstić information content (AvgIpc) is 1.53. The Bertz CT molecular complexity index is 5070. The van der Waals surface area contributed by atoms with Crippen LogP contribution in [0.4, 0.5) is 34.1 Å². The van der Waals surface area contributed by atoms with Crippen LogP contribution in [0, 0.1) is 13.8 Å². The summed E-state index contributed by atoms with van der Waals surface area (Å²) in [5.74, 6) is 0. The van der Waals surface area contributed by atoms with Crippen molar-refractivity contribution in [3.63, 3.8) is 0 Å². The predicted octanol–water partition coefficient (Wildman–Crippen LogP) is 27.1. The maximum Gasteiger partial charge on any atom is 0.0467 e. The Morgan fingerprint density at radius 2 is 0.596 bits per heavy atom. The van der Waals surface area contributed by atoms with Crippen molar-refractivity contribution in [2.24, 2.45) is 0 Å². The first-order chi connectivity index (χ1) is 48.1. The molecular weight excluding hydrogens is 1190 g/mol. The normalized spacial score (nSPS) is 14.8. The van der Waals surface area contributed by atoms with Gasteiger partial charge in [-0.05, 0) is 264 Å². The first-order valence-electron chi connectivity index (χ1n) is 35.8. The number of aryl methyl sites for hydroxylation is 4. The van der Waals surface area contributed by atoms with Crippen molar-refractivity contribution >= 4 is 40.2 Å². The highest BCUT2D eigenvalue weighted by Crippen LogP contribution is 2.64. The van der Waals surface area contributed by atoms with Crippen LogP contribution in [-0.2, 0) is 29.1 Å². The Kier molecular flexibility index (Phi) is 17.2. The minimum absolute atomic E-state index is 0.0422. The molecule has 0 N–H and O–H groups in total. The second-order valence-corrected chi connectivity index (χ2v) is 29.3. The van der Waals surface area contributed by atoms with E-state index < -0.39 is 0 Å². The summed E-state index contributed by atoms with van der Waals surface area (Å²) in [6.07, 6.45) is 8.50. The second-order valence-electron chi connectivity index (χ2n) is 29.3. The molecule has 1 spiro atoms. The number of hydrogen-bond donors (Lipinski definition) is 0. The Morgan fingerprint density at radius 1 is 0.303 bits per heavy atom. The number of anilines is 6. The molecule has 2 nitrogen and oxygen atoms in total. The van der Waals surface area contributed by atoms with Crippen LogP contribution in [0.15, 0.2) is 304 Å². The average molecular weight is 1280 g/mol. The van der Waals surface area contributed by atoms with Crippen LogP contribution < -0.4 is 9.80 Å². The van der Waals surface area contributed by atoms with Crippen LogP contribution in [-0.4, -0.2) is 0 Å². The van der Waals surface area contributed by atoms with E-state index in [4.69, 9.17) is 0 Å². The van der Waals surface area contributed by atoms with Crippen LogP contribution in [0.25, 0.3) is 84.0 Å². The molecule has 0 fully saturated rings. The van der Waals surface area contributed by atoms with Crippen LogP contribution in [0.5, 0.6) is 0 Å². The van der Waals surface area contributed by atoms with E-state index in [0.29, 0.717) is 0 Å². The molecular formula is C97H88N2. The third kappa shape index (κ3) is 12.6. The van der Waals surface area contributed by atoms with Gasteiger partial charge in [-0.2, -0.15) is 0 Å². The molecule has 2 aliphatic rings. The first-order valence-corrected chi connectivity index (χ1v) is 35.8. The van der Waals surface area contributed by atoms with Gasteiger partial charge in [0, 0.05) is 39.5 Å². The lowest BCUT2D eigenvalue weighted by atomic mass is 9.72. The number of rotatable bonds is 18. The molecule has 99 heavy (non-hydrogen) atoms. The highest BCUT2D eigenvalue weighted by Gasteiger charge is 2.56. The van der Waals surface area contributed by atoms with Gasteiger partial charge in [-0.1, -0.05) is 279 Å². The fraction of sp³-hybridized carbons (Fsp3) is 0.175. The summed E-state index contributed by atoms with van der Waals surface area (Å²) in [5, 5.41) is 0. The molecule has 486 valence electrons. The highest BCUT2D eigenvalue weighted by molar-refractivity contribution is 5.86. The predicted molar refractivity (Wildman–Crippen MR) is 424 cm³/mol. The zero-order chi connectivity index (χ0) is 68.0. The van der Waals surface area contributed by atoms with Gasteiger partial charge in [-0.15, -0.1) is 0 Å². The Labute approximate surface area is 588 Å². The van der Waals surface area contributed by atoms with E-state index in [-0.39, 0.29) is 16.2 Å². The van der Waals surface area contributed by atoms with Crippen LogP contribution >= 0.6 is 0 Å². The van der Waals surface area contributed by atoms with Gasteiger partial charge < -0.3 is 9.80 Å². The van der Waals surface area contributed by atoms with Crippen molar-refractivity contribution in [3.8, 4) is 77.9 Å². The maximum absolute atomic E-state index is 4.06. The Hall–Kier alpha value is -10.8. The first kappa shape index (κ1) is 64.2. The molecule has 0 heterocycles. The molecule has 0 bridgehead atoms. The quantitative estimate of drug-likeness (QED) is 0.0845. The lowest BCUT2D eigenvalue weighted by molar-refractivity contribution is 0.350. The lowest BCUT2D eigenvalue weighted by Crippen LogP contribution is -2.27. The summed E-state index contributed by atoms with van der Waals surface area (Å²) < 4.78 is 0. The molecule has 0 saturated heterocycles. The highest BCUT2D eigenvalue weighted by atomic mass is 15.1. The molecule has 1 atom stereocenters. The van der Waals surface area contributed by atoms with E-state index in [1.165, 1.54) is 128 Å². The lowest BCUT2D eigenvalue weighted by Gasteiger charge is -2.31. The van der Waals surface area contributed by atoms with E-state index in [9.17, 15) is 0 Å². The van der Waals surface area contributed by atoms with Crippen molar-refractivity contribution in [1.82, 2.24) is 0 Å². The molecule has 15 rings (SSSR count). The molecule has 1 unspecified atom stereocenters. The van der Waals surface area contributed by atoms with Gasteiger partial charge in [0.25, 0.3) is 0 Å². The Morgan fingerprint density at radius 3 is 0.949 bits per heavy atom. The third-order valence-electron chi connectivity index (χ3n) is 21.5. The van der Waals surface area contributed by atoms with E-state index in [1.807, 2.05) is 6.08 Å². The van der Waals surface area contributed by atoms with Crippen molar-refractivity contribution in [1.29, 1.82) is 0 Å². The van der Waals surface area contributed by atoms with Crippen LogP contribution in [0.1, 0.15) is 117 Å². The third-order valence-corrected chi connectivity index (χ3v) is 21.5. The monoisotopic (exact) mass is 1280 g/mol. The van der Waals surface area contributed by atoms with Crippen molar-refractivity contribution < 1.29 is 0 Å². The van der Waals surface area contributed by atoms with Gasteiger partial charge in [0.05, 0.1) is 0 Å². The molecule has 0 amide bonds. The smallest absolute Gasteiger partial charge is 0.0467 e. The fourth-order valence-electron chi connectivity index (χ4n) is 16.4. The van der Waals surface area contributed by atoms with Crippen LogP contribution in [0.3, 0.4) is 0 Å². The molecule has 13 aromatic rings. The summed E-state index contributed by atoms with van der Waals surface area (Å²) in [5.41, 5.74) is 35.6. The Balaban J connectivity index is 0.776. The molecule has 0 radical (unpaired) electrons. The zero-order valence-corrected chi connectivity index (χ0v) is 58.7. The summed E-state index contributed by atoms with van der Waals surface area (Å²) in [6, 6.07) is 112. The summed E-state index contributed by atoms with van der Waals surface area (Å²) in [7, 11) is 0. The second kappa shape index (κ2) is 26.6. The number of hydrogen-bond acceptors (Lipinski definition) is 2. The van der Waals surface area contributed by atoms with Gasteiger partial charge in [-0.3, -0.25) is 0 Å². The van der Waals surface area contributed by atoms with Crippen molar-refractivity contribution in [2.75, 3.05) is 9.80 Å². The van der Waals surface area contributed by atoms with Crippen molar-refractivity contribution in [2.45, 2.75) is 110 Å². The van der Waals surface area contributed by atoms with E-state index in [2.05, 4.69) is 369 Å². The number of fused-ring (bicyclic) bond motifs is 4. The van der Waals surface area contributed by atoms with Crippen LogP contribution in [0.2, 0.25) is 0 Å². The minimum atomic E-state index is -0.190. The van der Waals surface area contributed by atoms with Gasteiger partial charge >= 0.3 is 0 Å². The topological polar surface area (TPSA) is 6.48 Å². The van der Waals surface area contributed by atoms with Gasteiger partial charge in [-0.25, -0.2) is 0 Å². The summed E-state index contributed by atoms with van der Waals surface area (Å²) >= 11 is 0. The fourth-order valence-corrected chi connectivity index (χ4v) is 16.4. The summed E-state index contributed by atoms with van der Waals surface area (Å²) in [6.45, 7) is 22.7. The largest absolute Gasteiger partial charge is 0.310 e. The van der Waals surface area contributed by atoms with Gasteiger partial charge in [0.1, 0.15) is 0 Å². The molecule has 0 aliphatic heterocycles. The van der Waals surface area contributed by atoms with Crippen molar-refractivity contribution in [3.05, 3.63) is 354 Å². The van der Waals surface area contributed by atoms with E-state index in [0.717, 1.165) is 72.6 Å². The molecule has 2 heteroatoms. The van der Waals surface area contributed by atoms with E-state index in [1.54, 1.807) is 0 Å². The standard InChI is InChI=1S/C97H88N2/c1-10-15-68-24-31-72(32-25-68)76-41-51-86(52-42-76)98(85-49-39-75(40-50-85)71-28-21-66(4)22-29-71)89-19-13-17-80(60-89)83-47-57-91-93(62-83)97(64-95(91,6)7)65-96(8,9)92-58-48-84(63-94(92)97)81-18-14-20-90(61-81)99(87-53-43-77(44-54-87)73-33-26-69(16-11-2)27-34-73)88-55-45-78(46-56-88)74-35-37-79(38-36-74)82-30-23-67(5)70(12-3)59-82/h12-14,17-63H,3,10-11,15-16,64-65H2,1-2,4-9H3.